The van der Waals surface area contributed by atoms with Crippen molar-refractivity contribution in [1.82, 2.24) is 4.90 Å². The Morgan fingerprint density at radius 1 is 1.17 bits per heavy atom. The molecule has 1 unspecified atom stereocenters. The van der Waals surface area contributed by atoms with Crippen molar-refractivity contribution in [3.05, 3.63) is 35.6 Å². The summed E-state index contributed by atoms with van der Waals surface area (Å²) in [5.74, 6) is 0.259. The van der Waals surface area contributed by atoms with Gasteiger partial charge in [0.1, 0.15) is 5.82 Å². The summed E-state index contributed by atoms with van der Waals surface area (Å²) in [4.78, 5) is 2.47. The molecule has 1 aromatic carbocycles. The quantitative estimate of drug-likeness (QED) is 0.869. The molecule has 100 valence electrons. The number of hydrogen-bond acceptors (Lipinski definition) is 2. The standard InChI is InChI=1S/C15H23FN2/c16-15-7-3-2-6-14(15)10-13(11-17)12-18-8-4-1-5-9-18/h2-3,6-7,13H,1,4-5,8-12,17H2. The lowest BCUT2D eigenvalue weighted by Crippen LogP contribution is -2.37. The second-order valence-electron chi connectivity index (χ2n) is 5.26. The van der Waals surface area contributed by atoms with Gasteiger partial charge in [-0.1, -0.05) is 24.6 Å². The van der Waals surface area contributed by atoms with Crippen molar-refractivity contribution < 1.29 is 4.39 Å². The van der Waals surface area contributed by atoms with Gasteiger partial charge in [-0.3, -0.25) is 0 Å². The predicted octanol–water partition coefficient (Wildman–Crippen LogP) is 2.43. The van der Waals surface area contributed by atoms with Gasteiger partial charge < -0.3 is 10.6 Å². The van der Waals surface area contributed by atoms with E-state index >= 15 is 0 Å². The Balaban J connectivity index is 1.90. The molecule has 2 nitrogen and oxygen atoms in total. The summed E-state index contributed by atoms with van der Waals surface area (Å²) in [5.41, 5.74) is 6.64. The van der Waals surface area contributed by atoms with Gasteiger partial charge in [-0.25, -0.2) is 4.39 Å². The Labute approximate surface area is 109 Å². The number of piperidine rings is 1. The number of likely N-dealkylation sites (tertiary alicyclic amines) is 1. The van der Waals surface area contributed by atoms with E-state index in [1.807, 2.05) is 12.1 Å². The van der Waals surface area contributed by atoms with Crippen LogP contribution in [-0.2, 0) is 6.42 Å². The topological polar surface area (TPSA) is 29.3 Å². The minimum Gasteiger partial charge on any atom is -0.330 e. The SMILES string of the molecule is NCC(Cc1ccccc1F)CN1CCCCC1. The number of nitrogens with two attached hydrogens (primary N) is 1. The van der Waals surface area contributed by atoms with E-state index in [-0.39, 0.29) is 5.82 Å². The van der Waals surface area contributed by atoms with Crippen LogP contribution in [0.15, 0.2) is 24.3 Å². The van der Waals surface area contributed by atoms with E-state index < -0.39 is 0 Å². The third-order valence-electron chi connectivity index (χ3n) is 3.76. The lowest BCUT2D eigenvalue weighted by molar-refractivity contribution is 0.196. The summed E-state index contributed by atoms with van der Waals surface area (Å²) in [5, 5.41) is 0. The molecule has 0 aliphatic carbocycles. The van der Waals surface area contributed by atoms with Crippen LogP contribution in [0.5, 0.6) is 0 Å². The molecule has 0 saturated carbocycles. The fourth-order valence-electron chi connectivity index (χ4n) is 2.70. The molecule has 1 saturated heterocycles. The molecule has 1 heterocycles. The van der Waals surface area contributed by atoms with Crippen LogP contribution >= 0.6 is 0 Å². The van der Waals surface area contributed by atoms with Crippen LogP contribution in [0.2, 0.25) is 0 Å². The summed E-state index contributed by atoms with van der Waals surface area (Å²) < 4.78 is 13.6. The second-order valence-corrected chi connectivity index (χ2v) is 5.26. The zero-order chi connectivity index (χ0) is 12.8. The number of hydrogen-bond donors (Lipinski definition) is 1. The predicted molar refractivity (Wildman–Crippen MR) is 72.9 cm³/mol. The molecule has 1 aliphatic rings. The minimum atomic E-state index is -0.102. The summed E-state index contributed by atoms with van der Waals surface area (Å²) >= 11 is 0. The van der Waals surface area contributed by atoms with Gasteiger partial charge in [0.2, 0.25) is 0 Å². The highest BCUT2D eigenvalue weighted by Crippen LogP contribution is 2.16. The molecule has 1 aliphatic heterocycles. The average Bonchev–Trinajstić information content (AvgIpc) is 2.41. The third kappa shape index (κ3) is 3.79. The lowest BCUT2D eigenvalue weighted by atomic mass is 9.97. The Hall–Kier alpha value is -0.930. The van der Waals surface area contributed by atoms with Crippen molar-refractivity contribution in [2.45, 2.75) is 25.7 Å². The molecule has 0 amide bonds. The number of benzene rings is 1. The summed E-state index contributed by atoms with van der Waals surface area (Å²) in [6.07, 6.45) is 4.67. The minimum absolute atomic E-state index is 0.102. The van der Waals surface area contributed by atoms with Gasteiger partial charge in [0.25, 0.3) is 0 Å². The maximum absolute atomic E-state index is 13.6. The van der Waals surface area contributed by atoms with Gasteiger partial charge in [-0.15, -0.1) is 0 Å². The van der Waals surface area contributed by atoms with E-state index in [1.54, 1.807) is 6.07 Å². The fourth-order valence-corrected chi connectivity index (χ4v) is 2.70. The van der Waals surface area contributed by atoms with Gasteiger partial charge in [-0.05, 0) is 56.4 Å². The summed E-state index contributed by atoms with van der Waals surface area (Å²) in [6.45, 7) is 3.98. The molecule has 1 fully saturated rings. The van der Waals surface area contributed by atoms with Crippen molar-refractivity contribution in [3.8, 4) is 0 Å². The highest BCUT2D eigenvalue weighted by atomic mass is 19.1. The van der Waals surface area contributed by atoms with Gasteiger partial charge in [0.15, 0.2) is 0 Å². The van der Waals surface area contributed by atoms with Crippen molar-refractivity contribution in [1.29, 1.82) is 0 Å². The Kier molecular flexibility index (Phi) is 5.14. The molecule has 2 N–H and O–H groups in total. The molecule has 1 atom stereocenters. The largest absolute Gasteiger partial charge is 0.330 e. The number of halogens is 1. The van der Waals surface area contributed by atoms with E-state index in [0.29, 0.717) is 12.5 Å². The first-order valence-corrected chi connectivity index (χ1v) is 6.95. The number of rotatable bonds is 5. The molecule has 18 heavy (non-hydrogen) atoms. The third-order valence-corrected chi connectivity index (χ3v) is 3.76. The van der Waals surface area contributed by atoms with E-state index in [2.05, 4.69) is 4.90 Å². The average molecular weight is 250 g/mol. The molecular weight excluding hydrogens is 227 g/mol. The highest BCUT2D eigenvalue weighted by molar-refractivity contribution is 5.18. The fraction of sp³-hybridized carbons (Fsp3) is 0.600. The maximum Gasteiger partial charge on any atom is 0.126 e. The van der Waals surface area contributed by atoms with E-state index in [4.69, 9.17) is 5.73 Å². The second kappa shape index (κ2) is 6.86. The van der Waals surface area contributed by atoms with Crippen molar-refractivity contribution in [3.63, 3.8) is 0 Å². The Morgan fingerprint density at radius 2 is 1.89 bits per heavy atom. The van der Waals surface area contributed by atoms with Crippen molar-refractivity contribution in [2.75, 3.05) is 26.2 Å². The molecule has 0 aromatic heterocycles. The molecule has 0 spiro atoms. The maximum atomic E-state index is 13.6. The molecule has 0 bridgehead atoms. The van der Waals surface area contributed by atoms with Crippen LogP contribution in [0.4, 0.5) is 4.39 Å². The zero-order valence-corrected chi connectivity index (χ0v) is 10.9. The lowest BCUT2D eigenvalue weighted by Gasteiger charge is -2.30. The van der Waals surface area contributed by atoms with Crippen LogP contribution < -0.4 is 5.73 Å². The van der Waals surface area contributed by atoms with Gasteiger partial charge in [-0.2, -0.15) is 0 Å². The van der Waals surface area contributed by atoms with Crippen molar-refractivity contribution >= 4 is 0 Å². The first-order valence-electron chi connectivity index (χ1n) is 6.95. The summed E-state index contributed by atoms with van der Waals surface area (Å²) in [6, 6.07) is 7.03. The summed E-state index contributed by atoms with van der Waals surface area (Å²) in [7, 11) is 0. The highest BCUT2D eigenvalue weighted by Gasteiger charge is 2.17. The van der Waals surface area contributed by atoms with Crippen LogP contribution in [-0.4, -0.2) is 31.1 Å². The zero-order valence-electron chi connectivity index (χ0n) is 10.9. The van der Waals surface area contributed by atoms with Crippen LogP contribution in [0.25, 0.3) is 0 Å². The van der Waals surface area contributed by atoms with Crippen LogP contribution in [0.3, 0.4) is 0 Å². The van der Waals surface area contributed by atoms with E-state index in [9.17, 15) is 4.39 Å². The molecular formula is C15H23FN2. The van der Waals surface area contributed by atoms with Crippen LogP contribution in [0.1, 0.15) is 24.8 Å². The molecule has 3 heteroatoms. The first kappa shape index (κ1) is 13.5. The van der Waals surface area contributed by atoms with E-state index in [0.717, 1.165) is 18.5 Å². The van der Waals surface area contributed by atoms with Crippen LogP contribution in [0, 0.1) is 11.7 Å². The number of nitrogens with zero attached hydrogens (tertiary/aromatic N) is 1. The Bertz CT molecular complexity index is 361. The smallest absolute Gasteiger partial charge is 0.126 e. The molecule has 2 rings (SSSR count). The first-order chi connectivity index (χ1) is 8.79. The molecule has 1 aromatic rings. The Morgan fingerprint density at radius 3 is 2.56 bits per heavy atom. The normalized spacial score (nSPS) is 18.8. The van der Waals surface area contributed by atoms with Gasteiger partial charge in [0.05, 0.1) is 0 Å². The molecule has 0 radical (unpaired) electrons. The van der Waals surface area contributed by atoms with Gasteiger partial charge in [0, 0.05) is 6.54 Å². The van der Waals surface area contributed by atoms with Crippen molar-refractivity contribution in [2.24, 2.45) is 11.7 Å². The monoisotopic (exact) mass is 250 g/mol. The van der Waals surface area contributed by atoms with Gasteiger partial charge >= 0.3 is 0 Å². The van der Waals surface area contributed by atoms with E-state index in [1.165, 1.54) is 38.4 Å².